The zero-order chi connectivity index (χ0) is 8.32. The molecule has 0 spiro atoms. The van der Waals surface area contributed by atoms with Crippen molar-refractivity contribution < 1.29 is 5.11 Å². The van der Waals surface area contributed by atoms with Gasteiger partial charge >= 0.3 is 0 Å². The van der Waals surface area contributed by atoms with Crippen molar-refractivity contribution in [2.75, 3.05) is 19.6 Å². The molecule has 0 aromatic heterocycles. The van der Waals surface area contributed by atoms with Crippen molar-refractivity contribution in [3.63, 3.8) is 0 Å². The van der Waals surface area contributed by atoms with E-state index in [1.165, 1.54) is 12.8 Å². The van der Waals surface area contributed by atoms with Crippen LogP contribution >= 0.6 is 24.0 Å². The van der Waals surface area contributed by atoms with Gasteiger partial charge in [0.05, 0.1) is 0 Å². The lowest BCUT2D eigenvalue weighted by molar-refractivity contribution is 0.0822. The average molecular weight is 214 g/mol. The molecule has 1 saturated heterocycles. The van der Waals surface area contributed by atoms with Crippen LogP contribution in [-0.4, -0.2) is 34.7 Å². The van der Waals surface area contributed by atoms with Crippen molar-refractivity contribution >= 4 is 24.0 Å². The maximum atomic E-state index is 9.51. The van der Waals surface area contributed by atoms with E-state index >= 15 is 0 Å². The smallest absolute Gasteiger partial charge is 0.150 e. The van der Waals surface area contributed by atoms with Gasteiger partial charge in [0.1, 0.15) is 0 Å². The van der Waals surface area contributed by atoms with Crippen molar-refractivity contribution in [2.24, 2.45) is 0 Å². The quantitative estimate of drug-likeness (QED) is 0.724. The Hall–Kier alpha value is 0.500. The highest BCUT2D eigenvalue weighted by atomic mass is 35.5. The molecule has 1 aliphatic heterocycles. The minimum atomic E-state index is -0.996. The SMILES string of the molecule is CCC(O)(Cl)CN1CCCC1.Cl. The molecule has 74 valence electrons. The molecule has 0 aromatic rings. The predicted molar refractivity (Wildman–Crippen MR) is 54.0 cm³/mol. The Morgan fingerprint density at radius 2 is 1.92 bits per heavy atom. The van der Waals surface area contributed by atoms with E-state index in [0.717, 1.165) is 13.1 Å². The maximum absolute atomic E-state index is 9.51. The Kier molecular flexibility index (Phi) is 5.50. The predicted octanol–water partition coefficient (Wildman–Crippen LogP) is 1.84. The van der Waals surface area contributed by atoms with Gasteiger partial charge in [-0.3, -0.25) is 4.90 Å². The molecule has 1 rings (SSSR count). The molecule has 1 fully saturated rings. The van der Waals surface area contributed by atoms with Crippen LogP contribution in [0.5, 0.6) is 0 Å². The summed E-state index contributed by atoms with van der Waals surface area (Å²) in [6.45, 7) is 4.71. The van der Waals surface area contributed by atoms with Crippen molar-refractivity contribution in [1.29, 1.82) is 0 Å². The van der Waals surface area contributed by atoms with E-state index in [0.29, 0.717) is 13.0 Å². The summed E-state index contributed by atoms with van der Waals surface area (Å²) >= 11 is 5.81. The summed E-state index contributed by atoms with van der Waals surface area (Å²) in [5.74, 6) is 0. The topological polar surface area (TPSA) is 23.5 Å². The van der Waals surface area contributed by atoms with Gasteiger partial charge in [0.2, 0.25) is 0 Å². The monoisotopic (exact) mass is 213 g/mol. The Labute approximate surface area is 85.3 Å². The lowest BCUT2D eigenvalue weighted by Gasteiger charge is -2.25. The van der Waals surface area contributed by atoms with Crippen LogP contribution in [0.3, 0.4) is 0 Å². The molecule has 1 unspecified atom stereocenters. The van der Waals surface area contributed by atoms with Crippen LogP contribution in [-0.2, 0) is 0 Å². The third-order valence-corrected chi connectivity index (χ3v) is 2.59. The molecular weight excluding hydrogens is 197 g/mol. The van der Waals surface area contributed by atoms with Gasteiger partial charge in [0, 0.05) is 6.54 Å². The zero-order valence-electron chi connectivity index (χ0n) is 7.42. The highest BCUT2D eigenvalue weighted by Crippen LogP contribution is 2.19. The van der Waals surface area contributed by atoms with Gasteiger partial charge in [-0.05, 0) is 32.4 Å². The van der Waals surface area contributed by atoms with Crippen molar-refractivity contribution in [2.45, 2.75) is 31.2 Å². The van der Waals surface area contributed by atoms with Gasteiger partial charge in [-0.1, -0.05) is 18.5 Å². The Balaban J connectivity index is 0.00000121. The Morgan fingerprint density at radius 1 is 1.42 bits per heavy atom. The molecule has 2 nitrogen and oxygen atoms in total. The van der Waals surface area contributed by atoms with E-state index in [9.17, 15) is 5.11 Å². The van der Waals surface area contributed by atoms with Gasteiger partial charge in [-0.15, -0.1) is 12.4 Å². The van der Waals surface area contributed by atoms with Gasteiger partial charge in [0.15, 0.2) is 5.06 Å². The molecule has 4 heteroatoms. The molecular formula is C8H17Cl2NO. The first-order chi connectivity index (χ1) is 5.14. The second-order valence-electron chi connectivity index (χ2n) is 3.25. The van der Waals surface area contributed by atoms with Gasteiger partial charge < -0.3 is 5.11 Å². The minimum Gasteiger partial charge on any atom is -0.374 e. The molecule has 0 radical (unpaired) electrons. The summed E-state index contributed by atoms with van der Waals surface area (Å²) in [6, 6.07) is 0. The fourth-order valence-electron chi connectivity index (χ4n) is 1.40. The molecule has 12 heavy (non-hydrogen) atoms. The number of hydrogen-bond acceptors (Lipinski definition) is 2. The third kappa shape index (κ3) is 3.94. The molecule has 0 saturated carbocycles. The summed E-state index contributed by atoms with van der Waals surface area (Å²) < 4.78 is 0. The number of nitrogens with zero attached hydrogens (tertiary/aromatic N) is 1. The van der Waals surface area contributed by atoms with Crippen LogP contribution < -0.4 is 0 Å². The van der Waals surface area contributed by atoms with Crippen LogP contribution in [0.1, 0.15) is 26.2 Å². The molecule has 1 aliphatic rings. The van der Waals surface area contributed by atoms with Crippen molar-refractivity contribution in [1.82, 2.24) is 4.90 Å². The van der Waals surface area contributed by atoms with Gasteiger partial charge in [-0.2, -0.15) is 0 Å². The minimum absolute atomic E-state index is 0. The van der Waals surface area contributed by atoms with Crippen LogP contribution in [0.4, 0.5) is 0 Å². The number of aliphatic hydroxyl groups is 1. The summed E-state index contributed by atoms with van der Waals surface area (Å²) in [5.41, 5.74) is 0. The van der Waals surface area contributed by atoms with Gasteiger partial charge in [0.25, 0.3) is 0 Å². The fraction of sp³-hybridized carbons (Fsp3) is 1.00. The van der Waals surface area contributed by atoms with E-state index < -0.39 is 5.06 Å². The second kappa shape index (κ2) is 5.28. The largest absolute Gasteiger partial charge is 0.374 e. The fourth-order valence-corrected chi connectivity index (χ4v) is 1.56. The lowest BCUT2D eigenvalue weighted by Crippen LogP contribution is -2.36. The van der Waals surface area contributed by atoms with Crippen molar-refractivity contribution in [3.05, 3.63) is 0 Å². The molecule has 0 aromatic carbocycles. The lowest BCUT2D eigenvalue weighted by atomic mass is 10.2. The molecule has 1 N–H and O–H groups in total. The number of rotatable bonds is 3. The zero-order valence-corrected chi connectivity index (χ0v) is 9.00. The Bertz CT molecular complexity index is 124. The standard InChI is InChI=1S/C8H16ClNO.ClH/c1-2-8(9,11)7-10-5-3-4-6-10;/h11H,2-7H2,1H3;1H. The third-order valence-electron chi connectivity index (χ3n) is 2.21. The summed E-state index contributed by atoms with van der Waals surface area (Å²) in [6.07, 6.45) is 3.11. The first-order valence-corrected chi connectivity index (χ1v) is 4.65. The number of hydrogen-bond donors (Lipinski definition) is 1. The first-order valence-electron chi connectivity index (χ1n) is 4.28. The van der Waals surface area contributed by atoms with E-state index in [4.69, 9.17) is 11.6 Å². The number of likely N-dealkylation sites (tertiary alicyclic amines) is 1. The van der Waals surface area contributed by atoms with Crippen LogP contribution in [0.25, 0.3) is 0 Å². The van der Waals surface area contributed by atoms with Crippen molar-refractivity contribution in [3.8, 4) is 0 Å². The van der Waals surface area contributed by atoms with E-state index in [2.05, 4.69) is 4.90 Å². The van der Waals surface area contributed by atoms with E-state index in [1.807, 2.05) is 6.92 Å². The number of halogens is 2. The summed E-state index contributed by atoms with van der Waals surface area (Å²) in [5, 5.41) is 8.51. The molecule has 0 amide bonds. The first kappa shape index (κ1) is 12.5. The van der Waals surface area contributed by atoms with E-state index in [-0.39, 0.29) is 12.4 Å². The van der Waals surface area contributed by atoms with Crippen LogP contribution in [0.2, 0.25) is 0 Å². The molecule has 1 atom stereocenters. The highest BCUT2D eigenvalue weighted by Gasteiger charge is 2.25. The van der Waals surface area contributed by atoms with E-state index in [1.54, 1.807) is 0 Å². The summed E-state index contributed by atoms with van der Waals surface area (Å²) in [4.78, 5) is 2.22. The van der Waals surface area contributed by atoms with Gasteiger partial charge in [-0.25, -0.2) is 0 Å². The highest BCUT2D eigenvalue weighted by molar-refractivity contribution is 6.22. The second-order valence-corrected chi connectivity index (χ2v) is 3.96. The van der Waals surface area contributed by atoms with Crippen LogP contribution in [0, 0.1) is 0 Å². The molecule has 0 aliphatic carbocycles. The average Bonchev–Trinajstić information content (AvgIpc) is 2.39. The molecule has 1 heterocycles. The number of β-amino-alcohol motifs (C(OH)–C–C–N with tert-alkyl or cyclic N) is 1. The Morgan fingerprint density at radius 3 is 2.33 bits per heavy atom. The number of alkyl halides is 1. The van der Waals surface area contributed by atoms with Crippen LogP contribution in [0.15, 0.2) is 0 Å². The summed E-state index contributed by atoms with van der Waals surface area (Å²) in [7, 11) is 0. The maximum Gasteiger partial charge on any atom is 0.150 e. The molecule has 0 bridgehead atoms. The normalized spacial score (nSPS) is 23.2.